The van der Waals surface area contributed by atoms with Crippen LogP contribution in [0.25, 0.3) is 0 Å². The van der Waals surface area contributed by atoms with Crippen LogP contribution in [-0.2, 0) is 16.4 Å². The van der Waals surface area contributed by atoms with E-state index in [2.05, 4.69) is 173 Å². The van der Waals surface area contributed by atoms with E-state index in [0.29, 0.717) is 0 Å². The molecule has 0 unspecified atom stereocenters. The fourth-order valence-corrected chi connectivity index (χ4v) is 6.49. The summed E-state index contributed by atoms with van der Waals surface area (Å²) < 4.78 is 6.50. The molecule has 0 saturated carbocycles. The lowest BCUT2D eigenvalue weighted by atomic mass is 9.78. The van der Waals surface area contributed by atoms with Crippen molar-refractivity contribution in [1.82, 2.24) is 4.90 Å². The Morgan fingerprint density at radius 3 is 1.82 bits per heavy atom. The minimum absolute atomic E-state index is 0.0298. The smallest absolute Gasteiger partial charge is 0.129 e. The molecule has 0 amide bonds. The normalized spacial score (nSPS) is 16.7. The summed E-state index contributed by atoms with van der Waals surface area (Å²) in [4.78, 5) is 9.45. The van der Waals surface area contributed by atoms with Crippen molar-refractivity contribution in [2.75, 3.05) is 35.1 Å². The van der Waals surface area contributed by atoms with Crippen LogP contribution in [0.15, 0.2) is 103 Å². The van der Waals surface area contributed by atoms with Crippen molar-refractivity contribution in [3.05, 3.63) is 120 Å². The van der Waals surface area contributed by atoms with Gasteiger partial charge in [0.2, 0.25) is 0 Å². The number of hydrogen-bond donors (Lipinski definition) is 0. The fraction of sp³-hybridized carbons (Fsp3) is 0.350. The SMILES string of the molecule is CN1CN(c2cccc(Oc3cccc(N4C=CN(c5c(C(C)(C)C)cccc5C(C)(C)C)C4)c3)c2)c2ccccc2C1(C)C. The first-order valence-corrected chi connectivity index (χ1v) is 16.1. The van der Waals surface area contributed by atoms with Gasteiger partial charge in [-0.05, 0) is 78.7 Å². The second kappa shape index (κ2) is 11.3. The molecule has 0 bridgehead atoms. The van der Waals surface area contributed by atoms with Crippen LogP contribution >= 0.6 is 0 Å². The second-order valence-electron chi connectivity index (χ2n) is 15.0. The van der Waals surface area contributed by atoms with Gasteiger partial charge in [-0.15, -0.1) is 0 Å². The first kappa shape index (κ1) is 30.8. The number of anilines is 4. The highest BCUT2D eigenvalue weighted by Crippen LogP contribution is 2.44. The van der Waals surface area contributed by atoms with E-state index >= 15 is 0 Å². The first-order chi connectivity index (χ1) is 21.2. The standard InChI is InChI=1S/C40H48N4O/c1-38(2,3)34-20-14-21-35(39(4,5)6)37(34)43-24-23-42(28-43)29-15-12-17-31(25-29)45-32-18-13-16-30(26-32)44-27-41(9)40(7,8)33-19-10-11-22-36(33)44/h10-26H,27-28H2,1-9H3. The first-order valence-electron chi connectivity index (χ1n) is 16.1. The van der Waals surface area contributed by atoms with Gasteiger partial charge in [0.05, 0.1) is 13.3 Å². The Morgan fingerprint density at radius 1 is 0.622 bits per heavy atom. The molecule has 0 radical (unpaired) electrons. The van der Waals surface area contributed by atoms with Crippen molar-refractivity contribution in [2.24, 2.45) is 0 Å². The summed E-state index contributed by atoms with van der Waals surface area (Å²) in [5, 5.41) is 0. The molecule has 4 aromatic rings. The molecule has 5 nitrogen and oxygen atoms in total. The molecular weight excluding hydrogens is 552 g/mol. The third-order valence-electron chi connectivity index (χ3n) is 9.35. The fourth-order valence-electron chi connectivity index (χ4n) is 6.49. The average Bonchev–Trinajstić information content (AvgIpc) is 3.49. The van der Waals surface area contributed by atoms with Crippen molar-refractivity contribution in [2.45, 2.75) is 71.8 Å². The Hall–Kier alpha value is -4.22. The number of rotatable bonds is 5. The van der Waals surface area contributed by atoms with Crippen molar-refractivity contribution < 1.29 is 4.74 Å². The highest BCUT2D eigenvalue weighted by Gasteiger charge is 2.36. The Balaban J connectivity index is 1.24. The van der Waals surface area contributed by atoms with Crippen LogP contribution in [0.3, 0.4) is 0 Å². The number of ether oxygens (including phenoxy) is 1. The lowest BCUT2D eigenvalue weighted by Crippen LogP contribution is -2.49. The number of hydrogen-bond acceptors (Lipinski definition) is 5. The minimum atomic E-state index is -0.0373. The van der Waals surface area contributed by atoms with Gasteiger partial charge in [0.25, 0.3) is 0 Å². The van der Waals surface area contributed by atoms with Crippen LogP contribution < -0.4 is 19.4 Å². The Kier molecular flexibility index (Phi) is 7.73. The van der Waals surface area contributed by atoms with E-state index in [1.54, 1.807) is 0 Å². The highest BCUT2D eigenvalue weighted by atomic mass is 16.5. The Bertz CT molecular complexity index is 1690. The van der Waals surface area contributed by atoms with E-state index in [4.69, 9.17) is 4.74 Å². The molecule has 0 fully saturated rings. The molecule has 0 spiro atoms. The molecule has 0 saturated heterocycles. The van der Waals surface area contributed by atoms with E-state index in [1.807, 2.05) is 12.1 Å². The summed E-state index contributed by atoms with van der Waals surface area (Å²) in [5.41, 5.74) is 8.85. The van der Waals surface area contributed by atoms with Crippen molar-refractivity contribution in [1.29, 1.82) is 0 Å². The zero-order valence-electron chi connectivity index (χ0n) is 28.4. The number of para-hydroxylation sites is 2. The predicted molar refractivity (Wildman–Crippen MR) is 190 cm³/mol. The third kappa shape index (κ3) is 5.94. The van der Waals surface area contributed by atoms with Crippen LogP contribution in [0.4, 0.5) is 22.7 Å². The molecule has 4 aromatic carbocycles. The maximum Gasteiger partial charge on any atom is 0.129 e. The van der Waals surface area contributed by atoms with Crippen LogP contribution in [0.5, 0.6) is 11.5 Å². The zero-order chi connectivity index (χ0) is 32.1. The minimum Gasteiger partial charge on any atom is -0.457 e. The third-order valence-corrected chi connectivity index (χ3v) is 9.35. The van der Waals surface area contributed by atoms with E-state index in [9.17, 15) is 0 Å². The van der Waals surface area contributed by atoms with Gasteiger partial charge in [-0.2, -0.15) is 0 Å². The zero-order valence-corrected chi connectivity index (χ0v) is 28.4. The maximum absolute atomic E-state index is 6.50. The van der Waals surface area contributed by atoms with Crippen molar-refractivity contribution in [3.8, 4) is 11.5 Å². The summed E-state index contributed by atoms with van der Waals surface area (Å²) in [6, 6.07) is 32.3. The van der Waals surface area contributed by atoms with Gasteiger partial charge in [-0.1, -0.05) is 90.1 Å². The second-order valence-corrected chi connectivity index (χ2v) is 15.0. The monoisotopic (exact) mass is 600 g/mol. The molecule has 5 heteroatoms. The average molecular weight is 601 g/mol. The molecule has 0 aliphatic carbocycles. The van der Waals surface area contributed by atoms with Crippen LogP contribution in [0, 0.1) is 0 Å². The summed E-state index contributed by atoms with van der Waals surface area (Å²) in [6.07, 6.45) is 4.39. The summed E-state index contributed by atoms with van der Waals surface area (Å²) >= 11 is 0. The molecule has 2 aliphatic rings. The van der Waals surface area contributed by atoms with Crippen molar-refractivity contribution >= 4 is 22.7 Å². The molecule has 45 heavy (non-hydrogen) atoms. The lowest BCUT2D eigenvalue weighted by Gasteiger charge is -2.47. The summed E-state index contributed by atoms with van der Waals surface area (Å²) in [7, 11) is 2.19. The van der Waals surface area contributed by atoms with Gasteiger partial charge >= 0.3 is 0 Å². The predicted octanol–water partition coefficient (Wildman–Crippen LogP) is 10.1. The number of fused-ring (bicyclic) bond motifs is 1. The topological polar surface area (TPSA) is 22.2 Å². The Labute approximate surface area is 270 Å². The van der Waals surface area contributed by atoms with E-state index in [1.165, 1.54) is 28.1 Å². The molecule has 0 aromatic heterocycles. The molecule has 6 rings (SSSR count). The molecule has 234 valence electrons. The highest BCUT2D eigenvalue weighted by molar-refractivity contribution is 5.71. The van der Waals surface area contributed by atoms with E-state index < -0.39 is 0 Å². The summed E-state index contributed by atoms with van der Waals surface area (Å²) in [5.74, 6) is 1.64. The van der Waals surface area contributed by atoms with Gasteiger partial charge in [-0.3, -0.25) is 4.90 Å². The molecular formula is C40H48N4O. The van der Waals surface area contributed by atoms with E-state index in [-0.39, 0.29) is 16.4 Å². The quantitative estimate of drug-likeness (QED) is 0.227. The molecule has 0 N–H and O–H groups in total. The van der Waals surface area contributed by atoms with Crippen LogP contribution in [0.2, 0.25) is 0 Å². The van der Waals surface area contributed by atoms with Gasteiger partial charge < -0.3 is 19.4 Å². The lowest BCUT2D eigenvalue weighted by molar-refractivity contribution is 0.150. The number of nitrogens with zero attached hydrogens (tertiary/aromatic N) is 4. The number of benzene rings is 4. The van der Waals surface area contributed by atoms with E-state index in [0.717, 1.165) is 36.2 Å². The summed E-state index contributed by atoms with van der Waals surface area (Å²) in [6.45, 7) is 19.9. The molecule has 0 atom stereocenters. The van der Waals surface area contributed by atoms with Gasteiger partial charge in [0, 0.05) is 52.8 Å². The van der Waals surface area contributed by atoms with Gasteiger partial charge in [0.15, 0.2) is 0 Å². The Morgan fingerprint density at radius 2 is 1.18 bits per heavy atom. The van der Waals surface area contributed by atoms with Gasteiger partial charge in [-0.25, -0.2) is 0 Å². The molecule has 2 heterocycles. The van der Waals surface area contributed by atoms with Gasteiger partial charge in [0.1, 0.15) is 11.5 Å². The molecule has 2 aliphatic heterocycles. The van der Waals surface area contributed by atoms with Crippen molar-refractivity contribution in [3.63, 3.8) is 0 Å². The van der Waals surface area contributed by atoms with Crippen LogP contribution in [-0.4, -0.2) is 25.3 Å². The van der Waals surface area contributed by atoms with Crippen LogP contribution in [0.1, 0.15) is 72.1 Å². The largest absolute Gasteiger partial charge is 0.457 e. The maximum atomic E-state index is 6.50.